The van der Waals surface area contributed by atoms with Gasteiger partial charge in [0, 0.05) is 18.0 Å². The molecule has 28 heavy (non-hydrogen) atoms. The summed E-state index contributed by atoms with van der Waals surface area (Å²) in [6.07, 6.45) is 3.16. The number of aromatic amines is 1. The molecule has 0 aliphatic carbocycles. The largest absolute Gasteiger partial charge is 0.436 e. The third kappa shape index (κ3) is 2.23. The Kier molecular flexibility index (Phi) is 3.36. The van der Waals surface area contributed by atoms with Gasteiger partial charge in [0.05, 0.1) is 11.8 Å². The van der Waals surface area contributed by atoms with Crippen LogP contribution in [-0.4, -0.2) is 24.6 Å². The van der Waals surface area contributed by atoms with Gasteiger partial charge in [-0.3, -0.25) is 9.78 Å². The standard InChI is InChI=1S/C20H12N6O2/c1-11-16(19-24-14-10-22-8-7-15(14)28-19)20(27)26-18(23-11)17(13(9-21)25-26)12-5-3-2-4-6-12/h2-8,10,23H,1H3. The summed E-state index contributed by atoms with van der Waals surface area (Å²) in [7, 11) is 0. The summed E-state index contributed by atoms with van der Waals surface area (Å²) in [5.74, 6) is 0.180. The van der Waals surface area contributed by atoms with E-state index >= 15 is 0 Å². The van der Waals surface area contributed by atoms with E-state index in [9.17, 15) is 10.1 Å². The zero-order valence-corrected chi connectivity index (χ0v) is 14.7. The van der Waals surface area contributed by atoms with Crippen molar-refractivity contribution in [3.8, 4) is 28.7 Å². The lowest BCUT2D eigenvalue weighted by atomic mass is 10.1. The van der Waals surface area contributed by atoms with Crippen LogP contribution in [0.15, 0.2) is 58.0 Å². The number of hydrogen-bond acceptors (Lipinski definition) is 6. The second kappa shape index (κ2) is 5.89. The third-order valence-corrected chi connectivity index (χ3v) is 4.54. The molecule has 0 spiro atoms. The number of oxazole rings is 1. The molecule has 0 saturated carbocycles. The highest BCUT2D eigenvalue weighted by molar-refractivity contribution is 5.83. The normalized spacial score (nSPS) is 11.1. The minimum absolute atomic E-state index is 0.165. The Morgan fingerprint density at radius 3 is 2.75 bits per heavy atom. The molecule has 134 valence electrons. The van der Waals surface area contributed by atoms with E-state index in [1.807, 2.05) is 30.3 Å². The highest BCUT2D eigenvalue weighted by Gasteiger charge is 2.22. The molecule has 4 aromatic heterocycles. The number of H-pyrrole nitrogens is 1. The van der Waals surface area contributed by atoms with Crippen molar-refractivity contribution in [2.45, 2.75) is 6.92 Å². The van der Waals surface area contributed by atoms with Gasteiger partial charge >= 0.3 is 0 Å². The molecule has 0 saturated heterocycles. The van der Waals surface area contributed by atoms with Crippen LogP contribution in [0.1, 0.15) is 11.4 Å². The van der Waals surface area contributed by atoms with Gasteiger partial charge in [0.15, 0.2) is 11.3 Å². The quantitative estimate of drug-likeness (QED) is 0.512. The second-order valence-corrected chi connectivity index (χ2v) is 6.25. The molecule has 4 heterocycles. The molecule has 0 bridgehead atoms. The van der Waals surface area contributed by atoms with Crippen LogP contribution in [0.5, 0.6) is 0 Å². The molecule has 1 N–H and O–H groups in total. The van der Waals surface area contributed by atoms with E-state index in [0.29, 0.717) is 28.0 Å². The van der Waals surface area contributed by atoms with Gasteiger partial charge < -0.3 is 9.40 Å². The Morgan fingerprint density at radius 1 is 1.18 bits per heavy atom. The van der Waals surface area contributed by atoms with Crippen molar-refractivity contribution in [1.82, 2.24) is 24.6 Å². The molecule has 0 atom stereocenters. The topological polar surface area (TPSA) is 113 Å². The first-order chi connectivity index (χ1) is 13.7. The second-order valence-electron chi connectivity index (χ2n) is 6.25. The number of fused-ring (bicyclic) bond motifs is 2. The van der Waals surface area contributed by atoms with Crippen molar-refractivity contribution in [1.29, 1.82) is 5.26 Å². The highest BCUT2D eigenvalue weighted by Crippen LogP contribution is 2.29. The number of nitrogens with one attached hydrogen (secondary N) is 1. The van der Waals surface area contributed by atoms with Crippen molar-refractivity contribution in [3.63, 3.8) is 0 Å². The number of benzene rings is 1. The van der Waals surface area contributed by atoms with Gasteiger partial charge in [-0.1, -0.05) is 30.3 Å². The van der Waals surface area contributed by atoms with E-state index < -0.39 is 5.56 Å². The molecule has 5 rings (SSSR count). The van der Waals surface area contributed by atoms with E-state index in [-0.39, 0.29) is 17.1 Å². The predicted molar refractivity (Wildman–Crippen MR) is 101 cm³/mol. The SMILES string of the molecule is Cc1[nH]c2c(-c3ccccc3)c(C#N)nn2c(=O)c1-c1nc2cnccc2o1. The van der Waals surface area contributed by atoms with Crippen molar-refractivity contribution in [3.05, 3.63) is 70.5 Å². The first-order valence-electron chi connectivity index (χ1n) is 8.49. The van der Waals surface area contributed by atoms with Gasteiger partial charge in [-0.05, 0) is 12.5 Å². The van der Waals surface area contributed by atoms with Crippen LogP contribution in [0.3, 0.4) is 0 Å². The van der Waals surface area contributed by atoms with Crippen LogP contribution >= 0.6 is 0 Å². The number of nitriles is 1. The van der Waals surface area contributed by atoms with E-state index in [2.05, 4.69) is 26.1 Å². The maximum atomic E-state index is 13.2. The number of pyridine rings is 1. The summed E-state index contributed by atoms with van der Waals surface area (Å²) < 4.78 is 6.93. The first-order valence-corrected chi connectivity index (χ1v) is 8.49. The smallest absolute Gasteiger partial charge is 0.287 e. The highest BCUT2D eigenvalue weighted by atomic mass is 16.3. The zero-order chi connectivity index (χ0) is 19.3. The lowest BCUT2D eigenvalue weighted by Gasteiger charge is -2.05. The van der Waals surface area contributed by atoms with Crippen LogP contribution in [0.2, 0.25) is 0 Å². The zero-order valence-electron chi connectivity index (χ0n) is 14.7. The first kappa shape index (κ1) is 16.0. The van der Waals surface area contributed by atoms with Crippen LogP contribution in [0, 0.1) is 18.3 Å². The van der Waals surface area contributed by atoms with E-state index in [4.69, 9.17) is 4.42 Å². The number of nitrogens with zero attached hydrogens (tertiary/aromatic N) is 5. The van der Waals surface area contributed by atoms with Gasteiger partial charge in [-0.25, -0.2) is 4.98 Å². The van der Waals surface area contributed by atoms with Crippen LogP contribution < -0.4 is 5.56 Å². The summed E-state index contributed by atoms with van der Waals surface area (Å²) in [5, 5.41) is 13.8. The van der Waals surface area contributed by atoms with Crippen molar-refractivity contribution in [2.75, 3.05) is 0 Å². The monoisotopic (exact) mass is 368 g/mol. The average Bonchev–Trinajstić information content (AvgIpc) is 3.29. The molecule has 8 heteroatoms. The molecule has 1 aromatic carbocycles. The van der Waals surface area contributed by atoms with E-state index in [1.54, 1.807) is 25.4 Å². The van der Waals surface area contributed by atoms with E-state index in [1.165, 1.54) is 4.52 Å². The van der Waals surface area contributed by atoms with Gasteiger partial charge in [-0.15, -0.1) is 0 Å². The fourth-order valence-corrected chi connectivity index (χ4v) is 3.28. The minimum atomic E-state index is -0.413. The fraction of sp³-hybridized carbons (Fsp3) is 0.0500. The third-order valence-electron chi connectivity index (χ3n) is 4.54. The maximum Gasteiger partial charge on any atom is 0.287 e. The fourth-order valence-electron chi connectivity index (χ4n) is 3.28. The maximum absolute atomic E-state index is 13.2. The Balaban J connectivity index is 1.83. The molecule has 8 nitrogen and oxygen atoms in total. The minimum Gasteiger partial charge on any atom is -0.436 e. The van der Waals surface area contributed by atoms with Crippen molar-refractivity contribution >= 4 is 16.7 Å². The lowest BCUT2D eigenvalue weighted by molar-refractivity contribution is 0.616. The molecule has 0 fully saturated rings. The van der Waals surface area contributed by atoms with Crippen LogP contribution in [0.25, 0.3) is 39.3 Å². The van der Waals surface area contributed by atoms with E-state index in [0.717, 1.165) is 5.56 Å². The number of aryl methyl sites for hydroxylation is 1. The predicted octanol–water partition coefficient (Wildman–Crippen LogP) is 3.07. The van der Waals surface area contributed by atoms with Crippen molar-refractivity contribution in [2.24, 2.45) is 0 Å². The Hall–Kier alpha value is -4.25. The summed E-state index contributed by atoms with van der Waals surface area (Å²) >= 11 is 0. The molecular formula is C20H12N6O2. The molecule has 5 aromatic rings. The van der Waals surface area contributed by atoms with Gasteiger partial charge in [0.2, 0.25) is 5.89 Å². The van der Waals surface area contributed by atoms with Crippen LogP contribution in [-0.2, 0) is 0 Å². The average molecular weight is 368 g/mol. The molecular weight excluding hydrogens is 356 g/mol. The van der Waals surface area contributed by atoms with Gasteiger partial charge in [-0.2, -0.15) is 14.9 Å². The Bertz CT molecular complexity index is 1420. The summed E-state index contributed by atoms with van der Waals surface area (Å²) in [6, 6.07) is 13.1. The number of hydrogen-bond donors (Lipinski definition) is 1. The molecule has 0 radical (unpaired) electrons. The summed E-state index contributed by atoms with van der Waals surface area (Å²) in [4.78, 5) is 24.8. The Labute approximate surface area is 157 Å². The molecule has 0 aliphatic heterocycles. The number of rotatable bonds is 2. The summed E-state index contributed by atoms with van der Waals surface area (Å²) in [5.41, 5.74) is 3.50. The van der Waals surface area contributed by atoms with Crippen molar-refractivity contribution < 1.29 is 4.42 Å². The Morgan fingerprint density at radius 2 is 2.00 bits per heavy atom. The lowest BCUT2D eigenvalue weighted by Crippen LogP contribution is -2.19. The van der Waals surface area contributed by atoms with Gasteiger partial charge in [0.25, 0.3) is 5.56 Å². The van der Waals surface area contributed by atoms with Gasteiger partial charge in [0.1, 0.15) is 22.8 Å². The van der Waals surface area contributed by atoms with Crippen LogP contribution in [0.4, 0.5) is 0 Å². The summed E-state index contributed by atoms with van der Waals surface area (Å²) in [6.45, 7) is 1.76. The molecule has 0 aliphatic rings. The number of aromatic nitrogens is 5. The molecule has 0 amide bonds. The molecule has 0 unspecified atom stereocenters.